The molecule has 0 bridgehead atoms. The highest BCUT2D eigenvalue weighted by molar-refractivity contribution is 5.96. The lowest BCUT2D eigenvalue weighted by Crippen LogP contribution is -2.58. The van der Waals surface area contributed by atoms with E-state index < -0.39 is 43.7 Å². The Kier molecular flexibility index (Phi) is 3.09. The van der Waals surface area contributed by atoms with Gasteiger partial charge in [0.1, 0.15) is 12.8 Å². The van der Waals surface area contributed by atoms with Crippen molar-refractivity contribution < 1.29 is 28.5 Å². The molecule has 0 aliphatic carbocycles. The summed E-state index contributed by atoms with van der Waals surface area (Å²) in [5.74, 6) is -3.89. The first kappa shape index (κ1) is 12.9. The lowest BCUT2D eigenvalue weighted by Gasteiger charge is -2.32. The molecule has 10 heteroatoms. The third-order valence-corrected chi connectivity index (χ3v) is 2.73. The lowest BCUT2D eigenvalue weighted by atomic mass is 10.1. The summed E-state index contributed by atoms with van der Waals surface area (Å²) in [4.78, 5) is 15.6. The van der Waals surface area contributed by atoms with Crippen molar-refractivity contribution in [2.75, 3.05) is 13.3 Å². The first-order valence-corrected chi connectivity index (χ1v) is 5.07. The van der Waals surface area contributed by atoms with E-state index in [1.54, 1.807) is 0 Å². The molecule has 8 nitrogen and oxygen atoms in total. The van der Waals surface area contributed by atoms with Crippen LogP contribution in [0.25, 0.3) is 0 Å². The number of alkyl halides is 2. The Morgan fingerprint density at radius 1 is 1.67 bits per heavy atom. The van der Waals surface area contributed by atoms with Crippen molar-refractivity contribution in [3.8, 4) is 0 Å². The Balaban J connectivity index is 2.21. The number of hydrogen-bond donors (Lipinski definition) is 4. The Morgan fingerprint density at radius 2 is 2.33 bits per heavy atom. The Labute approximate surface area is 100 Å². The molecule has 3 unspecified atom stereocenters. The Bertz CT molecular complexity index is 391. The first-order valence-electron chi connectivity index (χ1n) is 5.07. The number of rotatable bonds is 2. The lowest BCUT2D eigenvalue weighted by molar-refractivity contribution is -0.154. The van der Waals surface area contributed by atoms with Crippen LogP contribution in [-0.4, -0.2) is 64.7 Å². The predicted octanol–water partition coefficient (Wildman–Crippen LogP) is -2.00. The van der Waals surface area contributed by atoms with Crippen molar-refractivity contribution in [1.82, 2.24) is 10.2 Å². The average molecular weight is 266 g/mol. The molecule has 1 saturated heterocycles. The number of amides is 2. The van der Waals surface area contributed by atoms with Crippen molar-refractivity contribution in [3.05, 3.63) is 0 Å². The van der Waals surface area contributed by atoms with Crippen molar-refractivity contribution in [1.29, 1.82) is 0 Å². The summed E-state index contributed by atoms with van der Waals surface area (Å²) in [6.07, 6.45) is -5.65. The number of aliphatic hydroxyl groups excluding tert-OH is 2. The minimum atomic E-state index is -3.70. The molecule has 1 fully saturated rings. The first-order chi connectivity index (χ1) is 8.37. The molecule has 2 aliphatic rings. The normalized spacial score (nSPS) is 35.3. The molecule has 0 aromatic heterocycles. The number of nitrogens with two attached hydrogens (primary N) is 1. The van der Waals surface area contributed by atoms with Gasteiger partial charge in [-0.05, 0) is 0 Å². The van der Waals surface area contributed by atoms with E-state index in [0.717, 1.165) is 0 Å². The minimum Gasteiger partial charge on any atom is -0.394 e. The van der Waals surface area contributed by atoms with Crippen LogP contribution in [0.4, 0.5) is 13.6 Å². The molecule has 3 atom stereocenters. The summed E-state index contributed by atoms with van der Waals surface area (Å²) >= 11 is 0. The maximum atomic E-state index is 13.7. The van der Waals surface area contributed by atoms with Gasteiger partial charge in [0.15, 0.2) is 12.1 Å². The molecule has 18 heavy (non-hydrogen) atoms. The molecule has 2 amide bonds. The van der Waals surface area contributed by atoms with Crippen LogP contribution in [0.1, 0.15) is 0 Å². The van der Waals surface area contributed by atoms with E-state index in [2.05, 4.69) is 4.99 Å². The van der Waals surface area contributed by atoms with Gasteiger partial charge in [0.2, 0.25) is 6.23 Å². The molecule has 0 aromatic carbocycles. The van der Waals surface area contributed by atoms with Crippen molar-refractivity contribution in [3.63, 3.8) is 0 Å². The molecule has 0 saturated carbocycles. The number of nitrogens with one attached hydrogen (secondary N) is 1. The van der Waals surface area contributed by atoms with Crippen molar-refractivity contribution >= 4 is 12.0 Å². The zero-order valence-corrected chi connectivity index (χ0v) is 9.08. The highest BCUT2D eigenvalue weighted by Gasteiger charge is 2.61. The van der Waals surface area contributed by atoms with Gasteiger partial charge in [0.25, 0.3) is 0 Å². The SMILES string of the molecule is NC1=NCN(C2OC(CO)C(O)C2(F)F)C(=O)N1. The number of ether oxygens (including phenoxy) is 1. The predicted molar refractivity (Wildman–Crippen MR) is 53.6 cm³/mol. The highest BCUT2D eigenvalue weighted by Crippen LogP contribution is 2.38. The summed E-state index contributed by atoms with van der Waals surface area (Å²) in [6.45, 7) is -1.20. The Hall–Kier alpha value is -1.52. The second-order valence-corrected chi connectivity index (χ2v) is 3.91. The number of carbonyl (C=O) groups is 1. The number of halogens is 2. The summed E-state index contributed by atoms with van der Waals surface area (Å²) in [7, 11) is 0. The molecule has 0 spiro atoms. The number of guanidine groups is 1. The zero-order valence-electron chi connectivity index (χ0n) is 9.08. The third-order valence-electron chi connectivity index (χ3n) is 2.73. The smallest absolute Gasteiger partial charge is 0.327 e. The van der Waals surface area contributed by atoms with E-state index in [0.29, 0.717) is 4.90 Å². The van der Waals surface area contributed by atoms with Crippen molar-refractivity contribution in [2.45, 2.75) is 24.4 Å². The maximum absolute atomic E-state index is 13.7. The van der Waals surface area contributed by atoms with Crippen LogP contribution in [0, 0.1) is 0 Å². The topological polar surface area (TPSA) is 120 Å². The number of aliphatic hydroxyl groups is 2. The van der Waals surface area contributed by atoms with Gasteiger partial charge in [0, 0.05) is 0 Å². The quantitative estimate of drug-likeness (QED) is 0.460. The van der Waals surface area contributed by atoms with E-state index >= 15 is 0 Å². The fourth-order valence-corrected chi connectivity index (χ4v) is 1.77. The van der Waals surface area contributed by atoms with Gasteiger partial charge in [-0.3, -0.25) is 10.2 Å². The van der Waals surface area contributed by atoms with E-state index in [4.69, 9.17) is 15.6 Å². The number of carbonyl (C=O) groups excluding carboxylic acids is 1. The maximum Gasteiger partial charge on any atom is 0.327 e. The molecule has 2 rings (SSSR count). The standard InChI is InChI=1S/C8H12F2N4O4/c9-8(10)4(16)3(1-15)18-5(8)14-2-12-6(11)13-7(14)17/h3-5,15-16H,1-2H2,(H3,11,12,13,17). The summed E-state index contributed by atoms with van der Waals surface area (Å²) in [5.41, 5.74) is 5.21. The molecule has 5 N–H and O–H groups in total. The third kappa shape index (κ3) is 1.87. The molecule has 0 radical (unpaired) electrons. The van der Waals surface area contributed by atoms with Crippen LogP contribution in [0.2, 0.25) is 0 Å². The molecule has 2 heterocycles. The van der Waals surface area contributed by atoms with Gasteiger partial charge in [-0.1, -0.05) is 0 Å². The van der Waals surface area contributed by atoms with E-state index in [9.17, 15) is 18.7 Å². The monoisotopic (exact) mass is 266 g/mol. The fraction of sp³-hybridized carbons (Fsp3) is 0.750. The van der Waals surface area contributed by atoms with Gasteiger partial charge >= 0.3 is 12.0 Å². The number of urea groups is 1. The van der Waals surface area contributed by atoms with E-state index in [-0.39, 0.29) is 5.96 Å². The molecule has 0 aromatic rings. The zero-order chi connectivity index (χ0) is 13.5. The van der Waals surface area contributed by atoms with Gasteiger partial charge < -0.3 is 20.7 Å². The molecule has 2 aliphatic heterocycles. The van der Waals surface area contributed by atoms with Crippen LogP contribution in [0.5, 0.6) is 0 Å². The largest absolute Gasteiger partial charge is 0.394 e. The summed E-state index contributed by atoms with van der Waals surface area (Å²) < 4.78 is 32.2. The fourth-order valence-electron chi connectivity index (χ4n) is 1.77. The van der Waals surface area contributed by atoms with Crippen LogP contribution < -0.4 is 11.1 Å². The second-order valence-electron chi connectivity index (χ2n) is 3.91. The van der Waals surface area contributed by atoms with Gasteiger partial charge in [0.05, 0.1) is 6.61 Å². The van der Waals surface area contributed by atoms with Gasteiger partial charge in [-0.15, -0.1) is 0 Å². The number of hydrogen-bond acceptors (Lipinski definition) is 6. The van der Waals surface area contributed by atoms with Crippen molar-refractivity contribution in [2.24, 2.45) is 10.7 Å². The molecule has 102 valence electrons. The number of aliphatic imine (C=N–C) groups is 1. The van der Waals surface area contributed by atoms with Crippen LogP contribution in [0.3, 0.4) is 0 Å². The molecular weight excluding hydrogens is 254 g/mol. The molecular formula is C8H12F2N4O4. The highest BCUT2D eigenvalue weighted by atomic mass is 19.3. The minimum absolute atomic E-state index is 0.184. The summed E-state index contributed by atoms with van der Waals surface area (Å²) in [6, 6.07) is -0.905. The van der Waals surface area contributed by atoms with E-state index in [1.165, 1.54) is 0 Å². The van der Waals surface area contributed by atoms with Crippen LogP contribution in [-0.2, 0) is 4.74 Å². The van der Waals surface area contributed by atoms with Gasteiger partial charge in [-0.25, -0.2) is 9.79 Å². The summed E-state index contributed by atoms with van der Waals surface area (Å²) in [5, 5.41) is 20.2. The second kappa shape index (κ2) is 4.30. The van der Waals surface area contributed by atoms with E-state index in [1.807, 2.05) is 5.32 Å². The van der Waals surface area contributed by atoms with Crippen LogP contribution >= 0.6 is 0 Å². The Morgan fingerprint density at radius 3 is 2.83 bits per heavy atom. The average Bonchev–Trinajstić information content (AvgIpc) is 2.52. The number of nitrogens with zero attached hydrogens (tertiary/aromatic N) is 2. The van der Waals surface area contributed by atoms with Gasteiger partial charge in [-0.2, -0.15) is 8.78 Å². The van der Waals surface area contributed by atoms with Crippen LogP contribution in [0.15, 0.2) is 4.99 Å².